The van der Waals surface area contributed by atoms with Crippen LogP contribution in [-0.4, -0.2) is 39.6 Å². The lowest BCUT2D eigenvalue weighted by Gasteiger charge is -2.32. The number of hydrogen-bond acceptors (Lipinski definition) is 8. The minimum Gasteiger partial charge on any atom is -0.474 e. The number of aryl methyl sites for hydroxylation is 2. The van der Waals surface area contributed by atoms with E-state index in [2.05, 4.69) is 43.5 Å². The first kappa shape index (κ1) is 19.3. The molecule has 0 amide bonds. The smallest absolute Gasteiger partial charge is 0.237 e. The van der Waals surface area contributed by atoms with Crippen LogP contribution in [0, 0.1) is 6.92 Å². The van der Waals surface area contributed by atoms with Crippen LogP contribution in [0.1, 0.15) is 40.9 Å². The number of pyridine rings is 2. The van der Waals surface area contributed by atoms with Gasteiger partial charge < -0.3 is 20.3 Å². The summed E-state index contributed by atoms with van der Waals surface area (Å²) < 4.78 is 5.68. The molecule has 0 spiro atoms. The molecule has 164 valence electrons. The first-order valence-corrected chi connectivity index (χ1v) is 11.5. The maximum atomic E-state index is 5.68. The van der Waals surface area contributed by atoms with Gasteiger partial charge in [-0.05, 0) is 56.2 Å². The second-order valence-electron chi connectivity index (χ2n) is 8.72. The average Bonchev–Trinajstić information content (AvgIpc) is 2.84. The first-order valence-electron chi connectivity index (χ1n) is 11.5. The molecule has 0 bridgehead atoms. The summed E-state index contributed by atoms with van der Waals surface area (Å²) in [6, 6.07) is 2.20. The van der Waals surface area contributed by atoms with Crippen molar-refractivity contribution in [3.8, 4) is 5.88 Å². The Bertz CT molecular complexity index is 1180. The molecule has 3 aromatic rings. The number of fused-ring (bicyclic) bond motifs is 3. The summed E-state index contributed by atoms with van der Waals surface area (Å²) in [5.41, 5.74) is 9.10. The normalized spacial score (nSPS) is 16.8. The Morgan fingerprint density at radius 2 is 1.94 bits per heavy atom. The Morgan fingerprint density at radius 3 is 2.91 bits per heavy atom. The van der Waals surface area contributed by atoms with E-state index in [1.54, 1.807) is 0 Å². The fourth-order valence-electron chi connectivity index (χ4n) is 4.88. The SMILES string of the molecule is Cc1c(N2CCc3cnc(Nc4cnc5c(c4)CCCC5)nc3C2)cnc2c1NCCO2. The Labute approximate surface area is 187 Å². The van der Waals surface area contributed by atoms with E-state index in [0.29, 0.717) is 18.4 Å². The van der Waals surface area contributed by atoms with Gasteiger partial charge in [0.25, 0.3) is 0 Å². The largest absolute Gasteiger partial charge is 0.474 e. The van der Waals surface area contributed by atoms with Crippen LogP contribution in [-0.2, 0) is 25.8 Å². The van der Waals surface area contributed by atoms with Crippen molar-refractivity contribution in [2.45, 2.75) is 45.6 Å². The van der Waals surface area contributed by atoms with E-state index in [-0.39, 0.29) is 0 Å². The van der Waals surface area contributed by atoms with Crippen molar-refractivity contribution in [3.63, 3.8) is 0 Å². The molecule has 2 aliphatic heterocycles. The van der Waals surface area contributed by atoms with Crippen LogP contribution in [0.25, 0.3) is 0 Å². The van der Waals surface area contributed by atoms with Crippen molar-refractivity contribution in [1.82, 2.24) is 19.9 Å². The van der Waals surface area contributed by atoms with Crippen LogP contribution >= 0.6 is 0 Å². The molecule has 0 atom stereocenters. The van der Waals surface area contributed by atoms with Gasteiger partial charge in [-0.15, -0.1) is 0 Å². The van der Waals surface area contributed by atoms with E-state index in [1.807, 2.05) is 18.6 Å². The van der Waals surface area contributed by atoms with Gasteiger partial charge >= 0.3 is 0 Å². The minimum atomic E-state index is 0.624. The van der Waals surface area contributed by atoms with Gasteiger partial charge in [-0.2, -0.15) is 0 Å². The van der Waals surface area contributed by atoms with Crippen LogP contribution in [0.5, 0.6) is 5.88 Å². The zero-order valence-corrected chi connectivity index (χ0v) is 18.3. The highest BCUT2D eigenvalue weighted by Gasteiger charge is 2.24. The summed E-state index contributed by atoms with van der Waals surface area (Å²) >= 11 is 0. The zero-order valence-electron chi connectivity index (χ0n) is 18.3. The Kier molecular flexibility index (Phi) is 4.78. The molecule has 0 fully saturated rings. The summed E-state index contributed by atoms with van der Waals surface area (Å²) in [4.78, 5) is 21.0. The minimum absolute atomic E-state index is 0.624. The molecule has 1 aliphatic carbocycles. The summed E-state index contributed by atoms with van der Waals surface area (Å²) in [5.74, 6) is 1.32. The van der Waals surface area contributed by atoms with E-state index >= 15 is 0 Å². The molecular weight excluding hydrogens is 402 g/mol. The number of nitrogens with zero attached hydrogens (tertiary/aromatic N) is 5. The summed E-state index contributed by atoms with van der Waals surface area (Å²) in [6.45, 7) is 5.24. The van der Waals surface area contributed by atoms with Crippen molar-refractivity contribution >= 4 is 23.0 Å². The zero-order chi connectivity index (χ0) is 21.5. The van der Waals surface area contributed by atoms with E-state index in [1.165, 1.54) is 35.2 Å². The van der Waals surface area contributed by atoms with Crippen molar-refractivity contribution in [2.24, 2.45) is 0 Å². The topological polar surface area (TPSA) is 88.1 Å². The van der Waals surface area contributed by atoms with Gasteiger partial charge in [-0.1, -0.05) is 0 Å². The van der Waals surface area contributed by atoms with Gasteiger partial charge in [0.05, 0.1) is 36.0 Å². The summed E-state index contributed by atoms with van der Waals surface area (Å²) in [6.07, 6.45) is 11.4. The maximum Gasteiger partial charge on any atom is 0.237 e. The van der Waals surface area contributed by atoms with Crippen LogP contribution in [0.15, 0.2) is 24.7 Å². The van der Waals surface area contributed by atoms with E-state index < -0.39 is 0 Å². The van der Waals surface area contributed by atoms with Crippen molar-refractivity contribution < 1.29 is 4.74 Å². The summed E-state index contributed by atoms with van der Waals surface area (Å²) in [5, 5.41) is 6.80. The van der Waals surface area contributed by atoms with Gasteiger partial charge in [-0.25, -0.2) is 15.0 Å². The quantitative estimate of drug-likeness (QED) is 0.653. The molecule has 0 radical (unpaired) electrons. The Balaban J connectivity index is 1.24. The molecule has 0 unspecified atom stereocenters. The van der Waals surface area contributed by atoms with E-state index in [4.69, 9.17) is 9.72 Å². The van der Waals surface area contributed by atoms with Crippen molar-refractivity contribution in [1.29, 1.82) is 0 Å². The fourth-order valence-corrected chi connectivity index (χ4v) is 4.88. The number of aromatic nitrogens is 4. The molecule has 5 heterocycles. The second-order valence-corrected chi connectivity index (χ2v) is 8.72. The molecule has 8 heteroatoms. The molecule has 0 saturated heterocycles. The van der Waals surface area contributed by atoms with Crippen molar-refractivity contribution in [3.05, 3.63) is 52.7 Å². The third kappa shape index (κ3) is 3.49. The molecule has 6 rings (SSSR count). The van der Waals surface area contributed by atoms with Gasteiger partial charge in [0.2, 0.25) is 11.8 Å². The monoisotopic (exact) mass is 429 g/mol. The molecule has 0 saturated carbocycles. The van der Waals surface area contributed by atoms with E-state index in [9.17, 15) is 0 Å². The maximum absolute atomic E-state index is 5.68. The number of ether oxygens (including phenoxy) is 1. The number of rotatable bonds is 3. The molecule has 0 aromatic carbocycles. The van der Waals surface area contributed by atoms with Gasteiger partial charge in [0, 0.05) is 30.5 Å². The predicted octanol–water partition coefficient (Wildman–Crippen LogP) is 3.56. The number of hydrogen-bond donors (Lipinski definition) is 2. The molecule has 3 aliphatic rings. The standard InChI is InChI=1S/C24H27N7O/c1-15-21(13-27-23-22(15)25-7-9-32-23)31-8-6-17-11-28-24(30-20(17)14-31)29-18-10-16-4-2-3-5-19(16)26-12-18/h10-13,25H,2-9,14H2,1H3,(H,28,29,30). The third-order valence-corrected chi connectivity index (χ3v) is 6.63. The van der Waals surface area contributed by atoms with Gasteiger partial charge in [-0.3, -0.25) is 4.98 Å². The molecule has 8 nitrogen and oxygen atoms in total. The second kappa shape index (κ2) is 7.93. The molecular formula is C24H27N7O. The highest BCUT2D eigenvalue weighted by atomic mass is 16.5. The third-order valence-electron chi connectivity index (χ3n) is 6.63. The molecule has 32 heavy (non-hydrogen) atoms. The first-order chi connectivity index (χ1) is 15.7. The molecule has 3 aromatic heterocycles. The number of nitrogens with one attached hydrogen (secondary N) is 2. The average molecular weight is 430 g/mol. The fraction of sp³-hybridized carbons (Fsp3) is 0.417. The lowest BCUT2D eigenvalue weighted by Crippen LogP contribution is -2.32. The highest BCUT2D eigenvalue weighted by molar-refractivity contribution is 5.70. The van der Waals surface area contributed by atoms with Crippen LogP contribution in [0.3, 0.4) is 0 Å². The van der Waals surface area contributed by atoms with E-state index in [0.717, 1.165) is 61.7 Å². The Hall–Kier alpha value is -3.42. The highest BCUT2D eigenvalue weighted by Crippen LogP contribution is 2.36. The van der Waals surface area contributed by atoms with Gasteiger partial charge in [0.1, 0.15) is 12.3 Å². The van der Waals surface area contributed by atoms with Crippen LogP contribution in [0.4, 0.5) is 23.0 Å². The predicted molar refractivity (Wildman–Crippen MR) is 124 cm³/mol. The Morgan fingerprint density at radius 1 is 1.00 bits per heavy atom. The van der Waals surface area contributed by atoms with Crippen molar-refractivity contribution in [2.75, 3.05) is 35.2 Å². The number of anilines is 4. The van der Waals surface area contributed by atoms with Crippen LogP contribution in [0.2, 0.25) is 0 Å². The molecule has 2 N–H and O–H groups in total. The van der Waals surface area contributed by atoms with Gasteiger partial charge in [0.15, 0.2) is 0 Å². The summed E-state index contributed by atoms with van der Waals surface area (Å²) in [7, 11) is 0. The lowest BCUT2D eigenvalue weighted by atomic mass is 9.96. The van der Waals surface area contributed by atoms with Crippen LogP contribution < -0.4 is 20.3 Å². The lowest BCUT2D eigenvalue weighted by molar-refractivity contribution is 0.310.